The quantitative estimate of drug-likeness (QED) is 0.910. The maximum atomic E-state index is 9.86. The molecule has 4 heteroatoms. The number of methoxy groups -OCH3 is 2. The Kier molecular flexibility index (Phi) is 4.74. The fourth-order valence-electron chi connectivity index (χ4n) is 2.03. The largest absolute Gasteiger partial charge is 0.502 e. The molecule has 2 rings (SSSR count). The lowest BCUT2D eigenvalue weighted by atomic mass is 10.0. The molecule has 0 saturated heterocycles. The van der Waals surface area contributed by atoms with Gasteiger partial charge in [0.05, 0.1) is 14.2 Å². The van der Waals surface area contributed by atoms with E-state index >= 15 is 0 Å². The van der Waals surface area contributed by atoms with E-state index in [1.807, 2.05) is 36.4 Å². The predicted octanol–water partition coefficient (Wildman–Crippen LogP) is 3.85. The Morgan fingerprint density at radius 2 is 1.40 bits per heavy atom. The highest BCUT2D eigenvalue weighted by atomic mass is 35.5. The van der Waals surface area contributed by atoms with Crippen LogP contribution in [0.15, 0.2) is 36.4 Å². The molecule has 0 unspecified atom stereocenters. The molecule has 0 amide bonds. The summed E-state index contributed by atoms with van der Waals surface area (Å²) in [5, 5.41) is 10.6. The number of benzene rings is 2. The molecule has 3 nitrogen and oxygen atoms in total. The molecule has 0 aliphatic carbocycles. The topological polar surface area (TPSA) is 38.7 Å². The number of halogens is 1. The molecule has 1 N–H and O–H groups in total. The zero-order valence-corrected chi connectivity index (χ0v) is 12.3. The van der Waals surface area contributed by atoms with Gasteiger partial charge in [0.1, 0.15) is 0 Å². The average molecular weight is 293 g/mol. The van der Waals surface area contributed by atoms with E-state index in [4.69, 9.17) is 21.1 Å². The Morgan fingerprint density at radius 1 is 0.900 bits per heavy atom. The molecule has 0 aromatic heterocycles. The van der Waals surface area contributed by atoms with Crippen LogP contribution in [0.3, 0.4) is 0 Å². The van der Waals surface area contributed by atoms with E-state index in [9.17, 15) is 5.11 Å². The zero-order valence-electron chi connectivity index (χ0n) is 11.5. The molecule has 2 aromatic carbocycles. The number of phenolic OH excluding ortho intramolecular Hbond substituents is 1. The average Bonchev–Trinajstić information content (AvgIpc) is 2.47. The summed E-state index contributed by atoms with van der Waals surface area (Å²) in [6.07, 6.45) is 1.71. The van der Waals surface area contributed by atoms with Crippen LogP contribution in [0, 0.1) is 0 Å². The lowest BCUT2D eigenvalue weighted by molar-refractivity contribution is 0.339. The Bertz CT molecular complexity index is 554. The first-order chi connectivity index (χ1) is 9.63. The molecule has 0 atom stereocenters. The summed E-state index contributed by atoms with van der Waals surface area (Å²) in [5.41, 5.74) is 2.26. The molecule has 20 heavy (non-hydrogen) atoms. The first-order valence-corrected chi connectivity index (χ1v) is 6.70. The third-order valence-corrected chi connectivity index (χ3v) is 3.41. The van der Waals surface area contributed by atoms with Crippen LogP contribution < -0.4 is 9.47 Å². The molecule has 106 valence electrons. The summed E-state index contributed by atoms with van der Waals surface area (Å²) in [4.78, 5) is 0. The number of hydrogen-bond acceptors (Lipinski definition) is 3. The maximum Gasteiger partial charge on any atom is 0.200 e. The first-order valence-electron chi connectivity index (χ1n) is 6.32. The lowest BCUT2D eigenvalue weighted by Crippen LogP contribution is -1.95. The summed E-state index contributed by atoms with van der Waals surface area (Å²) >= 11 is 5.86. The minimum Gasteiger partial charge on any atom is -0.502 e. The van der Waals surface area contributed by atoms with Crippen molar-refractivity contribution in [3.63, 3.8) is 0 Å². The minimum atomic E-state index is 0.0326. The van der Waals surface area contributed by atoms with Crippen molar-refractivity contribution in [3.05, 3.63) is 52.5 Å². The third-order valence-electron chi connectivity index (χ3n) is 3.16. The van der Waals surface area contributed by atoms with E-state index in [1.54, 1.807) is 0 Å². The maximum absolute atomic E-state index is 9.86. The summed E-state index contributed by atoms with van der Waals surface area (Å²) in [5.74, 6) is 0.885. The Morgan fingerprint density at radius 3 is 1.90 bits per heavy atom. The number of phenols is 1. The van der Waals surface area contributed by atoms with Crippen LogP contribution in [0.2, 0.25) is 5.02 Å². The van der Waals surface area contributed by atoms with Crippen molar-refractivity contribution in [2.75, 3.05) is 14.2 Å². The molecule has 2 aromatic rings. The van der Waals surface area contributed by atoms with Crippen molar-refractivity contribution >= 4 is 11.6 Å². The van der Waals surface area contributed by atoms with Gasteiger partial charge in [0, 0.05) is 5.02 Å². The summed E-state index contributed by atoms with van der Waals surface area (Å²) < 4.78 is 10.3. The lowest BCUT2D eigenvalue weighted by Gasteiger charge is -2.11. The van der Waals surface area contributed by atoms with E-state index in [2.05, 4.69) is 0 Å². The molecule has 0 aliphatic heterocycles. The minimum absolute atomic E-state index is 0.0326. The van der Waals surface area contributed by atoms with Gasteiger partial charge in [-0.15, -0.1) is 0 Å². The molecule has 0 heterocycles. The number of hydrogen-bond donors (Lipinski definition) is 1. The molecule has 0 bridgehead atoms. The van der Waals surface area contributed by atoms with Gasteiger partial charge in [-0.1, -0.05) is 23.7 Å². The Balaban J connectivity index is 2.14. The van der Waals surface area contributed by atoms with Crippen molar-refractivity contribution < 1.29 is 14.6 Å². The van der Waals surface area contributed by atoms with Gasteiger partial charge in [-0.05, 0) is 48.2 Å². The standard InChI is InChI=1S/C16H17ClO3/c1-19-14-9-12(10-15(20-2)16(14)18)4-3-11-5-7-13(17)8-6-11/h5-10,18H,3-4H2,1-2H3. The highest BCUT2D eigenvalue weighted by Crippen LogP contribution is 2.37. The summed E-state index contributed by atoms with van der Waals surface area (Å²) in [7, 11) is 3.05. The second-order valence-electron chi connectivity index (χ2n) is 4.48. The monoisotopic (exact) mass is 292 g/mol. The molecule has 0 saturated carbocycles. The van der Waals surface area contributed by atoms with Gasteiger partial charge in [-0.3, -0.25) is 0 Å². The zero-order chi connectivity index (χ0) is 14.5. The van der Waals surface area contributed by atoms with Gasteiger partial charge in [-0.2, -0.15) is 0 Å². The fourth-order valence-corrected chi connectivity index (χ4v) is 2.16. The van der Waals surface area contributed by atoms with Gasteiger partial charge in [0.25, 0.3) is 0 Å². The van der Waals surface area contributed by atoms with Crippen molar-refractivity contribution in [2.24, 2.45) is 0 Å². The molecular weight excluding hydrogens is 276 g/mol. The molecule has 0 fully saturated rings. The van der Waals surface area contributed by atoms with Gasteiger partial charge < -0.3 is 14.6 Å². The van der Waals surface area contributed by atoms with Crippen LogP contribution in [0.25, 0.3) is 0 Å². The third kappa shape index (κ3) is 3.36. The molecule has 0 radical (unpaired) electrons. The highest BCUT2D eigenvalue weighted by Gasteiger charge is 2.11. The van der Waals surface area contributed by atoms with E-state index in [0.717, 1.165) is 23.4 Å². The van der Waals surface area contributed by atoms with Gasteiger partial charge in [0.2, 0.25) is 5.75 Å². The first kappa shape index (κ1) is 14.5. The van der Waals surface area contributed by atoms with Crippen LogP contribution in [0.4, 0.5) is 0 Å². The van der Waals surface area contributed by atoms with Gasteiger partial charge in [-0.25, -0.2) is 0 Å². The number of ether oxygens (including phenoxy) is 2. The van der Waals surface area contributed by atoms with Crippen molar-refractivity contribution in [2.45, 2.75) is 12.8 Å². The normalized spacial score (nSPS) is 10.3. The Hall–Kier alpha value is -1.87. The van der Waals surface area contributed by atoms with Crippen molar-refractivity contribution in [1.82, 2.24) is 0 Å². The van der Waals surface area contributed by atoms with Crippen molar-refractivity contribution in [3.8, 4) is 17.2 Å². The van der Waals surface area contributed by atoms with Crippen LogP contribution in [0.5, 0.6) is 17.2 Å². The van der Waals surface area contributed by atoms with Crippen LogP contribution in [-0.2, 0) is 12.8 Å². The van der Waals surface area contributed by atoms with Crippen LogP contribution >= 0.6 is 11.6 Å². The smallest absolute Gasteiger partial charge is 0.200 e. The van der Waals surface area contributed by atoms with Crippen molar-refractivity contribution in [1.29, 1.82) is 0 Å². The van der Waals surface area contributed by atoms with Crippen LogP contribution in [-0.4, -0.2) is 19.3 Å². The molecule has 0 spiro atoms. The summed E-state index contributed by atoms with van der Waals surface area (Å²) in [6.45, 7) is 0. The second-order valence-corrected chi connectivity index (χ2v) is 4.91. The van der Waals surface area contributed by atoms with Gasteiger partial charge in [0.15, 0.2) is 11.5 Å². The number of aromatic hydroxyl groups is 1. The van der Waals surface area contributed by atoms with Crippen LogP contribution in [0.1, 0.15) is 11.1 Å². The van der Waals surface area contributed by atoms with E-state index in [-0.39, 0.29) is 5.75 Å². The second kappa shape index (κ2) is 6.53. The predicted molar refractivity (Wildman–Crippen MR) is 80.1 cm³/mol. The van der Waals surface area contributed by atoms with E-state index < -0.39 is 0 Å². The fraction of sp³-hybridized carbons (Fsp3) is 0.250. The highest BCUT2D eigenvalue weighted by molar-refractivity contribution is 6.30. The number of aryl methyl sites for hydroxylation is 2. The summed E-state index contributed by atoms with van der Waals surface area (Å²) in [6, 6.07) is 11.4. The van der Waals surface area contributed by atoms with E-state index in [0.29, 0.717) is 11.5 Å². The van der Waals surface area contributed by atoms with E-state index in [1.165, 1.54) is 19.8 Å². The Labute approximate surface area is 123 Å². The van der Waals surface area contributed by atoms with Gasteiger partial charge >= 0.3 is 0 Å². The molecular formula is C16H17ClO3. The number of rotatable bonds is 5. The molecule has 0 aliphatic rings. The SMILES string of the molecule is COc1cc(CCc2ccc(Cl)cc2)cc(OC)c1O.